The van der Waals surface area contributed by atoms with Gasteiger partial charge in [0.25, 0.3) is 0 Å². The summed E-state index contributed by atoms with van der Waals surface area (Å²) in [5.74, 6) is 0.641. The normalized spacial score (nSPS) is 23.2. The summed E-state index contributed by atoms with van der Waals surface area (Å²) in [5, 5.41) is 9.03. The summed E-state index contributed by atoms with van der Waals surface area (Å²) in [7, 11) is 0. The van der Waals surface area contributed by atoms with E-state index in [-0.39, 0.29) is 17.7 Å². The standard InChI is InChI=1S/C14H27N3O2/c1-10(2)9-17-13(18)5-7-16-14(19)12-4-6-15-11(3)8-12/h10-12,15H,4-9H2,1-3H3,(H,16,19)(H,17,18). The van der Waals surface area contributed by atoms with Gasteiger partial charge in [0, 0.05) is 31.5 Å². The molecule has 1 saturated heterocycles. The van der Waals surface area contributed by atoms with Crippen LogP contribution in [0.25, 0.3) is 0 Å². The Hall–Kier alpha value is -1.10. The van der Waals surface area contributed by atoms with Gasteiger partial charge in [0.1, 0.15) is 0 Å². The van der Waals surface area contributed by atoms with Crippen LogP contribution in [0.15, 0.2) is 0 Å². The Labute approximate surface area is 115 Å². The predicted octanol–water partition coefficient (Wildman–Crippen LogP) is 0.653. The van der Waals surface area contributed by atoms with Crippen molar-refractivity contribution in [2.75, 3.05) is 19.6 Å². The number of hydrogen-bond acceptors (Lipinski definition) is 3. The highest BCUT2D eigenvalue weighted by molar-refractivity contribution is 5.80. The summed E-state index contributed by atoms with van der Waals surface area (Å²) in [5.41, 5.74) is 0. The smallest absolute Gasteiger partial charge is 0.223 e. The molecule has 1 heterocycles. The Kier molecular flexibility index (Phi) is 6.84. The molecule has 1 rings (SSSR count). The molecular formula is C14H27N3O2. The van der Waals surface area contributed by atoms with Gasteiger partial charge >= 0.3 is 0 Å². The highest BCUT2D eigenvalue weighted by atomic mass is 16.2. The van der Waals surface area contributed by atoms with E-state index in [2.05, 4.69) is 36.7 Å². The number of piperidine rings is 1. The van der Waals surface area contributed by atoms with Gasteiger partial charge in [-0.2, -0.15) is 0 Å². The SMILES string of the molecule is CC(C)CNC(=O)CCNC(=O)C1CCNC(C)C1. The van der Waals surface area contributed by atoms with E-state index in [0.29, 0.717) is 31.5 Å². The number of amides is 2. The van der Waals surface area contributed by atoms with Crippen LogP contribution >= 0.6 is 0 Å². The molecule has 0 aromatic carbocycles. The zero-order valence-electron chi connectivity index (χ0n) is 12.3. The fourth-order valence-corrected chi connectivity index (χ4v) is 2.22. The van der Waals surface area contributed by atoms with Crippen LogP contribution in [-0.2, 0) is 9.59 Å². The van der Waals surface area contributed by atoms with Crippen LogP contribution in [0.3, 0.4) is 0 Å². The highest BCUT2D eigenvalue weighted by Crippen LogP contribution is 2.15. The van der Waals surface area contributed by atoms with Gasteiger partial charge in [-0.3, -0.25) is 9.59 Å². The van der Waals surface area contributed by atoms with E-state index in [1.165, 1.54) is 0 Å². The zero-order valence-corrected chi connectivity index (χ0v) is 12.3. The van der Waals surface area contributed by atoms with E-state index in [1.54, 1.807) is 0 Å². The van der Waals surface area contributed by atoms with Gasteiger partial charge in [-0.1, -0.05) is 13.8 Å². The molecule has 2 unspecified atom stereocenters. The average molecular weight is 269 g/mol. The fourth-order valence-electron chi connectivity index (χ4n) is 2.22. The molecular weight excluding hydrogens is 242 g/mol. The van der Waals surface area contributed by atoms with Crippen molar-refractivity contribution in [2.45, 2.75) is 46.1 Å². The number of hydrogen-bond donors (Lipinski definition) is 3. The summed E-state index contributed by atoms with van der Waals surface area (Å²) in [6.45, 7) is 8.23. The third kappa shape index (κ3) is 6.57. The first kappa shape index (κ1) is 16.0. The van der Waals surface area contributed by atoms with E-state index in [4.69, 9.17) is 0 Å². The first-order chi connectivity index (χ1) is 8.99. The van der Waals surface area contributed by atoms with Crippen LogP contribution < -0.4 is 16.0 Å². The summed E-state index contributed by atoms with van der Waals surface area (Å²) in [4.78, 5) is 23.4. The van der Waals surface area contributed by atoms with Crippen molar-refractivity contribution in [1.82, 2.24) is 16.0 Å². The van der Waals surface area contributed by atoms with Gasteiger partial charge in [-0.25, -0.2) is 0 Å². The lowest BCUT2D eigenvalue weighted by atomic mass is 9.92. The Morgan fingerprint density at radius 1 is 1.32 bits per heavy atom. The van der Waals surface area contributed by atoms with E-state index in [9.17, 15) is 9.59 Å². The summed E-state index contributed by atoms with van der Waals surface area (Å²) >= 11 is 0. The molecule has 110 valence electrons. The second-order valence-electron chi connectivity index (χ2n) is 5.82. The topological polar surface area (TPSA) is 70.2 Å². The third-order valence-corrected chi connectivity index (χ3v) is 3.35. The number of nitrogens with one attached hydrogen (secondary N) is 3. The maximum absolute atomic E-state index is 11.9. The minimum atomic E-state index is 0.00711. The Balaban J connectivity index is 2.14. The van der Waals surface area contributed by atoms with Crippen molar-refractivity contribution in [2.24, 2.45) is 11.8 Å². The fraction of sp³-hybridized carbons (Fsp3) is 0.857. The Morgan fingerprint density at radius 2 is 2.05 bits per heavy atom. The molecule has 0 saturated carbocycles. The molecule has 1 aliphatic heterocycles. The minimum absolute atomic E-state index is 0.00711. The first-order valence-electron chi connectivity index (χ1n) is 7.26. The molecule has 0 aromatic heterocycles. The first-order valence-corrected chi connectivity index (χ1v) is 7.26. The van der Waals surface area contributed by atoms with Crippen LogP contribution in [0.5, 0.6) is 0 Å². The monoisotopic (exact) mass is 269 g/mol. The number of carbonyl (C=O) groups is 2. The number of rotatable bonds is 6. The average Bonchev–Trinajstić information content (AvgIpc) is 2.36. The van der Waals surface area contributed by atoms with Crippen molar-refractivity contribution in [3.8, 4) is 0 Å². The third-order valence-electron chi connectivity index (χ3n) is 3.35. The molecule has 0 radical (unpaired) electrons. The van der Waals surface area contributed by atoms with Crippen molar-refractivity contribution < 1.29 is 9.59 Å². The summed E-state index contributed by atoms with van der Waals surface area (Å²) in [6, 6.07) is 0.402. The van der Waals surface area contributed by atoms with Crippen molar-refractivity contribution in [3.63, 3.8) is 0 Å². The molecule has 5 nitrogen and oxygen atoms in total. The zero-order chi connectivity index (χ0) is 14.3. The second-order valence-corrected chi connectivity index (χ2v) is 5.82. The maximum Gasteiger partial charge on any atom is 0.223 e. The molecule has 2 atom stereocenters. The van der Waals surface area contributed by atoms with E-state index >= 15 is 0 Å². The lowest BCUT2D eigenvalue weighted by molar-refractivity contribution is -0.126. The van der Waals surface area contributed by atoms with Crippen molar-refractivity contribution >= 4 is 11.8 Å². The lowest BCUT2D eigenvalue weighted by Crippen LogP contribution is -2.43. The van der Waals surface area contributed by atoms with Gasteiger partial charge < -0.3 is 16.0 Å². The molecule has 1 fully saturated rings. The summed E-state index contributed by atoms with van der Waals surface area (Å²) in [6.07, 6.45) is 2.13. The van der Waals surface area contributed by atoms with Gasteiger partial charge in [-0.15, -0.1) is 0 Å². The quantitative estimate of drug-likeness (QED) is 0.663. The lowest BCUT2D eigenvalue weighted by Gasteiger charge is -2.27. The Bertz CT molecular complexity index is 305. The summed E-state index contributed by atoms with van der Waals surface area (Å²) < 4.78 is 0. The van der Waals surface area contributed by atoms with Crippen molar-refractivity contribution in [3.05, 3.63) is 0 Å². The molecule has 0 aromatic rings. The van der Waals surface area contributed by atoms with Crippen LogP contribution in [0.2, 0.25) is 0 Å². The van der Waals surface area contributed by atoms with Gasteiger partial charge in [0.2, 0.25) is 11.8 Å². The number of carbonyl (C=O) groups excluding carboxylic acids is 2. The second kappa shape index (κ2) is 8.15. The molecule has 2 amide bonds. The highest BCUT2D eigenvalue weighted by Gasteiger charge is 2.24. The molecule has 1 aliphatic rings. The van der Waals surface area contributed by atoms with Gasteiger partial charge in [0.05, 0.1) is 0 Å². The van der Waals surface area contributed by atoms with Crippen molar-refractivity contribution in [1.29, 1.82) is 0 Å². The molecule has 19 heavy (non-hydrogen) atoms. The van der Waals surface area contributed by atoms with E-state index in [1.807, 2.05) is 0 Å². The van der Waals surface area contributed by atoms with Crippen LogP contribution in [0.4, 0.5) is 0 Å². The van der Waals surface area contributed by atoms with Gasteiger partial charge in [-0.05, 0) is 32.2 Å². The van der Waals surface area contributed by atoms with E-state index in [0.717, 1.165) is 19.4 Å². The minimum Gasteiger partial charge on any atom is -0.356 e. The Morgan fingerprint density at radius 3 is 2.68 bits per heavy atom. The van der Waals surface area contributed by atoms with Crippen LogP contribution in [0, 0.1) is 11.8 Å². The van der Waals surface area contributed by atoms with Crippen LogP contribution in [-0.4, -0.2) is 37.5 Å². The molecule has 0 aliphatic carbocycles. The molecule has 5 heteroatoms. The molecule has 0 bridgehead atoms. The molecule has 3 N–H and O–H groups in total. The maximum atomic E-state index is 11.9. The van der Waals surface area contributed by atoms with Gasteiger partial charge in [0.15, 0.2) is 0 Å². The molecule has 0 spiro atoms. The largest absolute Gasteiger partial charge is 0.356 e. The van der Waals surface area contributed by atoms with Crippen LogP contribution in [0.1, 0.15) is 40.0 Å². The predicted molar refractivity (Wildman–Crippen MR) is 75.7 cm³/mol. The van der Waals surface area contributed by atoms with E-state index < -0.39 is 0 Å².